The first-order valence-corrected chi connectivity index (χ1v) is 8.43. The predicted molar refractivity (Wildman–Crippen MR) is 88.8 cm³/mol. The van der Waals surface area contributed by atoms with Crippen LogP contribution in [-0.4, -0.2) is 18.0 Å². The molecule has 116 valence electrons. The van der Waals surface area contributed by atoms with Crippen LogP contribution in [0.1, 0.15) is 58.2 Å². The van der Waals surface area contributed by atoms with Gasteiger partial charge in [-0.1, -0.05) is 49.7 Å². The fourth-order valence-corrected chi connectivity index (χ4v) is 4.21. The van der Waals surface area contributed by atoms with E-state index < -0.39 is 5.79 Å². The molecule has 1 heterocycles. The molecule has 0 N–H and O–H groups in total. The summed E-state index contributed by atoms with van der Waals surface area (Å²) in [5.41, 5.74) is 3.89. The minimum absolute atomic E-state index is 0.0608. The van der Waals surface area contributed by atoms with Gasteiger partial charge in [0.05, 0.1) is 12.2 Å². The summed E-state index contributed by atoms with van der Waals surface area (Å²) in [7, 11) is 0. The number of halogens is 1. The zero-order valence-corrected chi connectivity index (χ0v) is 15.6. The molecule has 2 nitrogen and oxygen atoms in total. The standard InChI is InChI=1S/C18H25BrO2/c1-10-8-11-12(9-13(10)19)17(4,5)15-14(16(11,2)3)20-18(6,7)21-15/h8-9,14-15H,1-7H3/t14?,15-/m1/s1. The van der Waals surface area contributed by atoms with E-state index >= 15 is 0 Å². The Balaban J connectivity index is 2.25. The lowest BCUT2D eigenvalue weighted by atomic mass is 9.60. The molecule has 1 aromatic rings. The first kappa shape index (κ1) is 15.5. The quantitative estimate of drug-likeness (QED) is 0.664. The van der Waals surface area contributed by atoms with Crippen LogP contribution in [0.25, 0.3) is 0 Å². The van der Waals surface area contributed by atoms with E-state index in [1.807, 2.05) is 13.8 Å². The third-order valence-corrected chi connectivity index (χ3v) is 6.06. The number of aryl methyl sites for hydroxylation is 1. The maximum atomic E-state index is 6.30. The Kier molecular flexibility index (Phi) is 3.20. The SMILES string of the molecule is Cc1cc2c(cc1Br)C(C)(C)[C@@H]1OC(C)(C)OC1C2(C)C. The van der Waals surface area contributed by atoms with E-state index in [9.17, 15) is 0 Å². The summed E-state index contributed by atoms with van der Waals surface area (Å²) in [5.74, 6) is -0.516. The van der Waals surface area contributed by atoms with Crippen molar-refractivity contribution in [2.75, 3.05) is 0 Å². The van der Waals surface area contributed by atoms with Crippen LogP contribution in [0.5, 0.6) is 0 Å². The van der Waals surface area contributed by atoms with Crippen molar-refractivity contribution in [2.45, 2.75) is 77.3 Å². The van der Waals surface area contributed by atoms with Crippen molar-refractivity contribution in [3.63, 3.8) is 0 Å². The molecule has 1 aliphatic carbocycles. The number of hydrogen-bond acceptors (Lipinski definition) is 2. The Hall–Kier alpha value is -0.380. The molecule has 1 aromatic carbocycles. The van der Waals surface area contributed by atoms with Crippen LogP contribution in [-0.2, 0) is 20.3 Å². The van der Waals surface area contributed by atoms with E-state index in [-0.39, 0.29) is 23.0 Å². The summed E-state index contributed by atoms with van der Waals surface area (Å²) < 4.78 is 13.8. The van der Waals surface area contributed by atoms with Crippen LogP contribution >= 0.6 is 15.9 Å². The molecular formula is C18H25BrO2. The molecule has 0 radical (unpaired) electrons. The van der Waals surface area contributed by atoms with Gasteiger partial charge in [0.25, 0.3) is 0 Å². The van der Waals surface area contributed by atoms with E-state index in [4.69, 9.17) is 9.47 Å². The molecule has 1 saturated heterocycles. The second kappa shape index (κ2) is 4.33. The van der Waals surface area contributed by atoms with Crippen molar-refractivity contribution < 1.29 is 9.47 Å². The smallest absolute Gasteiger partial charge is 0.163 e. The molecule has 21 heavy (non-hydrogen) atoms. The monoisotopic (exact) mass is 352 g/mol. The summed E-state index contributed by atoms with van der Waals surface area (Å²) in [5, 5.41) is 0. The molecule has 2 aliphatic rings. The summed E-state index contributed by atoms with van der Waals surface area (Å²) in [4.78, 5) is 0. The summed E-state index contributed by atoms with van der Waals surface area (Å²) in [6.07, 6.45) is 0.153. The Morgan fingerprint density at radius 1 is 0.857 bits per heavy atom. The highest BCUT2D eigenvalue weighted by atomic mass is 79.9. The van der Waals surface area contributed by atoms with E-state index in [0.29, 0.717) is 0 Å². The molecule has 0 spiro atoms. The van der Waals surface area contributed by atoms with Gasteiger partial charge in [-0.15, -0.1) is 0 Å². The van der Waals surface area contributed by atoms with E-state index in [2.05, 4.69) is 62.7 Å². The number of hydrogen-bond donors (Lipinski definition) is 0. The minimum Gasteiger partial charge on any atom is -0.344 e. The topological polar surface area (TPSA) is 18.5 Å². The maximum absolute atomic E-state index is 6.30. The van der Waals surface area contributed by atoms with Crippen LogP contribution in [0, 0.1) is 6.92 Å². The summed E-state index contributed by atoms with van der Waals surface area (Å²) >= 11 is 3.69. The van der Waals surface area contributed by atoms with Gasteiger partial charge in [-0.05, 0) is 43.5 Å². The second-order valence-corrected chi connectivity index (χ2v) is 8.92. The third kappa shape index (κ3) is 2.12. The van der Waals surface area contributed by atoms with Crippen molar-refractivity contribution in [3.8, 4) is 0 Å². The van der Waals surface area contributed by atoms with Crippen molar-refractivity contribution in [2.24, 2.45) is 0 Å². The van der Waals surface area contributed by atoms with Crippen LogP contribution < -0.4 is 0 Å². The largest absolute Gasteiger partial charge is 0.344 e. The minimum atomic E-state index is -0.516. The zero-order valence-electron chi connectivity index (χ0n) is 14.0. The average molecular weight is 353 g/mol. The van der Waals surface area contributed by atoms with E-state index in [1.165, 1.54) is 21.2 Å². The highest BCUT2D eigenvalue weighted by Crippen LogP contribution is 2.54. The number of fused-ring (bicyclic) bond motifs is 2. The summed E-state index contributed by atoms with van der Waals surface area (Å²) in [6, 6.07) is 4.59. The van der Waals surface area contributed by atoms with E-state index in [1.54, 1.807) is 0 Å². The molecule has 0 amide bonds. The Labute approximate surface area is 136 Å². The number of rotatable bonds is 0. The molecule has 3 rings (SSSR count). The normalized spacial score (nSPS) is 31.6. The van der Waals surface area contributed by atoms with E-state index in [0.717, 1.165) is 0 Å². The highest BCUT2D eigenvalue weighted by molar-refractivity contribution is 9.10. The average Bonchev–Trinajstić information content (AvgIpc) is 2.68. The molecule has 1 fully saturated rings. The van der Waals surface area contributed by atoms with Crippen molar-refractivity contribution in [1.82, 2.24) is 0 Å². The molecule has 1 aliphatic heterocycles. The zero-order chi connectivity index (χ0) is 15.8. The van der Waals surface area contributed by atoms with Crippen LogP contribution in [0.4, 0.5) is 0 Å². The Morgan fingerprint density at radius 3 is 1.76 bits per heavy atom. The highest BCUT2D eigenvalue weighted by Gasteiger charge is 2.59. The van der Waals surface area contributed by atoms with Crippen LogP contribution in [0.15, 0.2) is 16.6 Å². The molecule has 0 aromatic heterocycles. The van der Waals surface area contributed by atoms with Gasteiger partial charge in [0.1, 0.15) is 0 Å². The lowest BCUT2D eigenvalue weighted by Gasteiger charge is -2.48. The van der Waals surface area contributed by atoms with Gasteiger partial charge in [0, 0.05) is 15.3 Å². The molecule has 2 atom stereocenters. The van der Waals surface area contributed by atoms with Gasteiger partial charge >= 0.3 is 0 Å². The van der Waals surface area contributed by atoms with Crippen LogP contribution in [0.3, 0.4) is 0 Å². The van der Waals surface area contributed by atoms with Gasteiger partial charge in [0.15, 0.2) is 5.79 Å². The lowest BCUT2D eigenvalue weighted by molar-refractivity contribution is -0.153. The molecule has 0 bridgehead atoms. The lowest BCUT2D eigenvalue weighted by Crippen LogP contribution is -2.54. The van der Waals surface area contributed by atoms with Crippen molar-refractivity contribution >= 4 is 15.9 Å². The fraction of sp³-hybridized carbons (Fsp3) is 0.667. The Bertz CT molecular complexity index is 550. The van der Waals surface area contributed by atoms with Crippen molar-refractivity contribution in [3.05, 3.63) is 33.3 Å². The van der Waals surface area contributed by atoms with Crippen LogP contribution in [0.2, 0.25) is 0 Å². The van der Waals surface area contributed by atoms with Gasteiger partial charge in [-0.2, -0.15) is 0 Å². The van der Waals surface area contributed by atoms with Gasteiger partial charge in [-0.25, -0.2) is 0 Å². The number of benzene rings is 1. The van der Waals surface area contributed by atoms with Gasteiger partial charge < -0.3 is 9.47 Å². The Morgan fingerprint density at radius 2 is 1.29 bits per heavy atom. The maximum Gasteiger partial charge on any atom is 0.163 e. The first-order chi connectivity index (χ1) is 9.47. The molecule has 0 saturated carbocycles. The molecule has 3 heteroatoms. The molecular weight excluding hydrogens is 328 g/mol. The van der Waals surface area contributed by atoms with Gasteiger partial charge in [-0.3, -0.25) is 0 Å². The third-order valence-electron chi connectivity index (χ3n) is 5.21. The predicted octanol–water partition coefficient (Wildman–Crippen LogP) is 4.85. The number of ether oxygens (including phenoxy) is 2. The fourth-order valence-electron chi connectivity index (χ4n) is 3.87. The summed E-state index contributed by atoms with van der Waals surface area (Å²) in [6.45, 7) is 15.3. The van der Waals surface area contributed by atoms with Gasteiger partial charge in [0.2, 0.25) is 0 Å². The first-order valence-electron chi connectivity index (χ1n) is 7.63. The molecule has 1 unspecified atom stereocenters. The second-order valence-electron chi connectivity index (χ2n) is 8.07. The van der Waals surface area contributed by atoms with Crippen molar-refractivity contribution in [1.29, 1.82) is 0 Å².